The van der Waals surface area contributed by atoms with Crippen molar-refractivity contribution in [2.24, 2.45) is 0 Å². The summed E-state index contributed by atoms with van der Waals surface area (Å²) < 4.78 is 32.1. The van der Waals surface area contributed by atoms with Gasteiger partial charge in [-0.25, -0.2) is 0 Å². The summed E-state index contributed by atoms with van der Waals surface area (Å²) in [7, 11) is -4.53. The van der Waals surface area contributed by atoms with E-state index in [1.54, 1.807) is 0 Å². The first-order valence-electron chi connectivity index (χ1n) is 4.65. The number of hydrogen-bond acceptors (Lipinski definition) is 4. The predicted octanol–water partition coefficient (Wildman–Crippen LogP) is 2.76. The van der Waals surface area contributed by atoms with Crippen LogP contribution in [0.5, 0.6) is 0 Å². The van der Waals surface area contributed by atoms with Crippen LogP contribution in [0.15, 0.2) is 39.7 Å². The fraction of sp³-hybridized carbons (Fsp3) is 0. The van der Waals surface area contributed by atoms with E-state index in [9.17, 15) is 18.5 Å². The minimum atomic E-state index is -4.53. The Hall–Kier alpha value is -1.51. The number of rotatable bonds is 2. The highest BCUT2D eigenvalue weighted by Gasteiger charge is 2.22. The molecule has 0 aliphatic rings. The van der Waals surface area contributed by atoms with E-state index in [-0.39, 0.29) is 11.1 Å². The molecule has 0 bridgehead atoms. The SMILES string of the molecule is O=[N+]([O-])c1cccc2c(Br)ccc(S(=O)(=O)O)c12. The van der Waals surface area contributed by atoms with Gasteiger partial charge < -0.3 is 0 Å². The quantitative estimate of drug-likeness (QED) is 0.518. The van der Waals surface area contributed by atoms with E-state index in [1.165, 1.54) is 24.3 Å². The number of benzene rings is 2. The van der Waals surface area contributed by atoms with E-state index in [2.05, 4.69) is 15.9 Å². The third-order valence-electron chi connectivity index (χ3n) is 2.40. The van der Waals surface area contributed by atoms with Crippen molar-refractivity contribution in [3.63, 3.8) is 0 Å². The van der Waals surface area contributed by atoms with E-state index in [1.807, 2.05) is 0 Å². The smallest absolute Gasteiger partial charge is 0.282 e. The van der Waals surface area contributed by atoms with Crippen LogP contribution in [0.2, 0.25) is 0 Å². The molecule has 0 saturated carbocycles. The molecule has 18 heavy (non-hydrogen) atoms. The second kappa shape index (κ2) is 4.30. The maximum atomic E-state index is 11.3. The molecule has 94 valence electrons. The zero-order valence-electron chi connectivity index (χ0n) is 8.70. The Bertz CT molecular complexity index is 756. The first-order chi connectivity index (χ1) is 8.32. The summed E-state index contributed by atoms with van der Waals surface area (Å²) in [5.74, 6) is 0. The Balaban J connectivity index is 3.07. The molecule has 0 fully saturated rings. The maximum Gasteiger partial charge on any atom is 0.295 e. The fourth-order valence-electron chi connectivity index (χ4n) is 1.69. The fourth-order valence-corrected chi connectivity index (χ4v) is 2.86. The molecule has 2 aromatic carbocycles. The van der Waals surface area contributed by atoms with Crippen molar-refractivity contribution in [1.29, 1.82) is 0 Å². The number of halogens is 1. The molecule has 0 aliphatic carbocycles. The zero-order valence-corrected chi connectivity index (χ0v) is 11.1. The van der Waals surface area contributed by atoms with Crippen LogP contribution in [0.4, 0.5) is 5.69 Å². The van der Waals surface area contributed by atoms with Crippen LogP contribution >= 0.6 is 15.9 Å². The Morgan fingerprint density at radius 2 is 1.89 bits per heavy atom. The topological polar surface area (TPSA) is 97.5 Å². The van der Waals surface area contributed by atoms with Gasteiger partial charge in [-0.1, -0.05) is 28.1 Å². The lowest BCUT2D eigenvalue weighted by molar-refractivity contribution is -0.383. The molecule has 0 aliphatic heterocycles. The van der Waals surface area contributed by atoms with E-state index < -0.39 is 19.9 Å². The highest BCUT2D eigenvalue weighted by molar-refractivity contribution is 9.10. The third kappa shape index (κ3) is 2.09. The molecular formula is C10H6BrNO5S. The maximum absolute atomic E-state index is 11.3. The van der Waals surface area contributed by atoms with Crippen molar-refractivity contribution in [2.75, 3.05) is 0 Å². The van der Waals surface area contributed by atoms with Gasteiger partial charge in [-0.3, -0.25) is 14.7 Å². The molecule has 1 N–H and O–H groups in total. The number of nitro benzene ring substituents is 1. The zero-order chi connectivity index (χ0) is 13.5. The lowest BCUT2D eigenvalue weighted by atomic mass is 10.1. The molecule has 0 amide bonds. The van der Waals surface area contributed by atoms with Crippen molar-refractivity contribution in [3.05, 3.63) is 44.9 Å². The highest BCUT2D eigenvalue weighted by Crippen LogP contribution is 2.35. The average Bonchev–Trinajstić information content (AvgIpc) is 2.27. The van der Waals surface area contributed by atoms with Gasteiger partial charge in [-0.05, 0) is 12.1 Å². The third-order valence-corrected chi connectivity index (χ3v) is 3.99. The van der Waals surface area contributed by atoms with Gasteiger partial charge in [-0.2, -0.15) is 8.42 Å². The Morgan fingerprint density at radius 3 is 2.44 bits per heavy atom. The van der Waals surface area contributed by atoms with Crippen LogP contribution in [0.3, 0.4) is 0 Å². The second-order valence-electron chi connectivity index (χ2n) is 3.48. The lowest BCUT2D eigenvalue weighted by Crippen LogP contribution is -2.01. The summed E-state index contributed by atoms with van der Waals surface area (Å²) in [6, 6.07) is 6.69. The number of fused-ring (bicyclic) bond motifs is 1. The number of non-ortho nitro benzene ring substituents is 1. The average molecular weight is 332 g/mol. The molecular weight excluding hydrogens is 326 g/mol. The minimum Gasteiger partial charge on any atom is -0.282 e. The van der Waals surface area contributed by atoms with Crippen LogP contribution in [0.1, 0.15) is 0 Å². The van der Waals surface area contributed by atoms with Gasteiger partial charge >= 0.3 is 0 Å². The predicted molar refractivity (Wildman–Crippen MR) is 68.1 cm³/mol. The summed E-state index contributed by atoms with van der Waals surface area (Å²) in [5, 5.41) is 11.2. The van der Waals surface area contributed by atoms with Gasteiger partial charge in [0, 0.05) is 15.9 Å². The van der Waals surface area contributed by atoms with Crippen molar-refractivity contribution >= 4 is 42.5 Å². The van der Waals surface area contributed by atoms with Crippen LogP contribution in [-0.2, 0) is 10.1 Å². The minimum absolute atomic E-state index is 0.112. The van der Waals surface area contributed by atoms with Gasteiger partial charge in [0.2, 0.25) is 0 Å². The Kier molecular flexibility index (Phi) is 3.09. The van der Waals surface area contributed by atoms with Crippen LogP contribution in [0.25, 0.3) is 10.8 Å². The molecule has 0 spiro atoms. The normalized spacial score (nSPS) is 11.7. The first kappa shape index (κ1) is 12.9. The van der Waals surface area contributed by atoms with E-state index in [4.69, 9.17) is 4.55 Å². The molecule has 0 atom stereocenters. The van der Waals surface area contributed by atoms with Crippen molar-refractivity contribution in [3.8, 4) is 0 Å². The summed E-state index contributed by atoms with van der Waals surface area (Å²) >= 11 is 3.18. The van der Waals surface area contributed by atoms with Gasteiger partial charge in [0.05, 0.1) is 10.3 Å². The van der Waals surface area contributed by atoms with Gasteiger partial charge in [0.15, 0.2) is 0 Å². The van der Waals surface area contributed by atoms with Crippen LogP contribution in [0, 0.1) is 10.1 Å². The van der Waals surface area contributed by atoms with Crippen molar-refractivity contribution in [1.82, 2.24) is 0 Å². The molecule has 0 radical (unpaired) electrons. The Morgan fingerprint density at radius 1 is 1.22 bits per heavy atom. The van der Waals surface area contributed by atoms with E-state index >= 15 is 0 Å². The molecule has 6 nitrogen and oxygen atoms in total. The van der Waals surface area contributed by atoms with Gasteiger partial charge in [-0.15, -0.1) is 0 Å². The molecule has 8 heteroatoms. The van der Waals surface area contributed by atoms with E-state index in [0.717, 1.165) is 6.07 Å². The molecule has 2 rings (SSSR count). The van der Waals surface area contributed by atoms with Crippen LogP contribution in [-0.4, -0.2) is 17.9 Å². The second-order valence-corrected chi connectivity index (χ2v) is 5.72. The number of nitro groups is 1. The molecule has 0 heterocycles. The summed E-state index contributed by atoms with van der Waals surface area (Å²) in [6.07, 6.45) is 0. The summed E-state index contributed by atoms with van der Waals surface area (Å²) in [6.45, 7) is 0. The van der Waals surface area contributed by atoms with Crippen molar-refractivity contribution in [2.45, 2.75) is 4.90 Å². The summed E-state index contributed by atoms with van der Waals surface area (Å²) in [5.41, 5.74) is -0.374. The largest absolute Gasteiger partial charge is 0.295 e. The Labute approximate surface area is 110 Å². The van der Waals surface area contributed by atoms with Gasteiger partial charge in [0.25, 0.3) is 15.8 Å². The molecule has 0 unspecified atom stereocenters. The van der Waals surface area contributed by atoms with Crippen molar-refractivity contribution < 1.29 is 17.9 Å². The molecule has 2 aromatic rings. The number of nitrogens with zero attached hydrogens (tertiary/aromatic N) is 1. The highest BCUT2D eigenvalue weighted by atomic mass is 79.9. The first-order valence-corrected chi connectivity index (χ1v) is 6.89. The van der Waals surface area contributed by atoms with E-state index in [0.29, 0.717) is 9.86 Å². The summed E-state index contributed by atoms with van der Waals surface area (Å²) in [4.78, 5) is 9.75. The molecule has 0 aromatic heterocycles. The lowest BCUT2D eigenvalue weighted by Gasteiger charge is -2.06. The molecule has 0 saturated heterocycles. The monoisotopic (exact) mass is 331 g/mol. The standard InChI is InChI=1S/C10H6BrNO5S/c11-7-4-5-9(18(15,16)17)10-6(7)2-1-3-8(10)12(13)14/h1-5H,(H,15,16,17). The van der Waals surface area contributed by atoms with Crippen LogP contribution < -0.4 is 0 Å². The van der Waals surface area contributed by atoms with Gasteiger partial charge in [0.1, 0.15) is 4.90 Å². The number of hydrogen-bond donors (Lipinski definition) is 1.